The topological polar surface area (TPSA) is 80.0 Å². The number of amides is 1. The zero-order valence-corrected chi connectivity index (χ0v) is 9.32. The van der Waals surface area contributed by atoms with Crippen LogP contribution in [-0.2, 0) is 0 Å². The Labute approximate surface area is 93.8 Å². The summed E-state index contributed by atoms with van der Waals surface area (Å²) in [5.74, 6) is 0.346. The van der Waals surface area contributed by atoms with Crippen molar-refractivity contribution in [2.75, 3.05) is 13.1 Å². The number of hydrogen-bond donors (Lipinski definition) is 2. The number of rotatable bonds is 3. The van der Waals surface area contributed by atoms with Crippen LogP contribution in [0.4, 0.5) is 0 Å². The lowest BCUT2D eigenvalue weighted by Gasteiger charge is -2.19. The van der Waals surface area contributed by atoms with E-state index in [0.717, 1.165) is 19.4 Å². The number of piperidine rings is 1. The van der Waals surface area contributed by atoms with Gasteiger partial charge in [-0.1, -0.05) is 11.6 Å². The third-order valence-corrected chi connectivity index (χ3v) is 2.59. The molecular formula is C10H16N4O2. The summed E-state index contributed by atoms with van der Waals surface area (Å²) >= 11 is 0. The maximum Gasteiger partial charge on any atom is 0.292 e. The van der Waals surface area contributed by atoms with E-state index in [0.29, 0.717) is 12.4 Å². The van der Waals surface area contributed by atoms with Crippen LogP contribution in [0.25, 0.3) is 0 Å². The second-order valence-corrected chi connectivity index (χ2v) is 3.82. The Kier molecular flexibility index (Phi) is 3.51. The van der Waals surface area contributed by atoms with Gasteiger partial charge in [0.1, 0.15) is 0 Å². The molecule has 1 amide bonds. The summed E-state index contributed by atoms with van der Waals surface area (Å²) in [6.45, 7) is 3.37. The van der Waals surface area contributed by atoms with Crippen LogP contribution in [0.1, 0.15) is 48.7 Å². The molecule has 88 valence electrons. The van der Waals surface area contributed by atoms with Crippen LogP contribution >= 0.6 is 0 Å². The van der Waals surface area contributed by atoms with Crippen LogP contribution in [0.3, 0.4) is 0 Å². The van der Waals surface area contributed by atoms with Crippen LogP contribution in [0.15, 0.2) is 4.52 Å². The van der Waals surface area contributed by atoms with Gasteiger partial charge in [0.05, 0.1) is 6.04 Å². The van der Waals surface area contributed by atoms with Gasteiger partial charge < -0.3 is 15.2 Å². The van der Waals surface area contributed by atoms with Crippen LogP contribution < -0.4 is 10.6 Å². The molecule has 1 aliphatic rings. The molecule has 1 unspecified atom stereocenters. The minimum absolute atomic E-state index is 0.101. The summed E-state index contributed by atoms with van der Waals surface area (Å²) in [7, 11) is 0. The van der Waals surface area contributed by atoms with Crippen molar-refractivity contribution in [2.24, 2.45) is 0 Å². The molecule has 0 spiro atoms. The first-order valence-corrected chi connectivity index (χ1v) is 5.66. The van der Waals surface area contributed by atoms with Crippen molar-refractivity contribution >= 4 is 5.91 Å². The molecule has 2 rings (SSSR count). The minimum Gasteiger partial charge on any atom is -0.349 e. The van der Waals surface area contributed by atoms with Crippen LogP contribution in [0.2, 0.25) is 0 Å². The number of nitrogens with one attached hydrogen (secondary N) is 2. The van der Waals surface area contributed by atoms with Gasteiger partial charge in [-0.3, -0.25) is 4.79 Å². The van der Waals surface area contributed by atoms with E-state index in [1.165, 1.54) is 6.42 Å². The zero-order valence-electron chi connectivity index (χ0n) is 9.32. The van der Waals surface area contributed by atoms with E-state index in [9.17, 15) is 4.79 Å². The van der Waals surface area contributed by atoms with E-state index in [-0.39, 0.29) is 17.8 Å². The smallest absolute Gasteiger partial charge is 0.292 e. The summed E-state index contributed by atoms with van der Waals surface area (Å²) in [6, 6.07) is 0.101. The van der Waals surface area contributed by atoms with Crippen molar-refractivity contribution < 1.29 is 9.32 Å². The van der Waals surface area contributed by atoms with Gasteiger partial charge in [0.25, 0.3) is 11.7 Å². The SMILES string of the molecule is CCNC(=O)c1noc(C2CCCCN2)n1. The van der Waals surface area contributed by atoms with Crippen molar-refractivity contribution in [2.45, 2.75) is 32.2 Å². The molecule has 2 heterocycles. The Bertz CT molecular complexity index is 357. The number of nitrogens with zero attached hydrogens (tertiary/aromatic N) is 2. The van der Waals surface area contributed by atoms with Gasteiger partial charge in [0.2, 0.25) is 5.89 Å². The lowest BCUT2D eigenvalue weighted by molar-refractivity contribution is 0.0942. The number of carbonyl (C=O) groups excluding carboxylic acids is 1. The largest absolute Gasteiger partial charge is 0.349 e. The van der Waals surface area contributed by atoms with Crippen LogP contribution in [0, 0.1) is 0 Å². The average molecular weight is 224 g/mol. The molecule has 0 aliphatic carbocycles. The molecule has 0 saturated carbocycles. The molecule has 0 bridgehead atoms. The second-order valence-electron chi connectivity index (χ2n) is 3.82. The Morgan fingerprint density at radius 3 is 3.19 bits per heavy atom. The van der Waals surface area contributed by atoms with Crippen LogP contribution in [0.5, 0.6) is 0 Å². The van der Waals surface area contributed by atoms with Gasteiger partial charge in [-0.15, -0.1) is 0 Å². The minimum atomic E-state index is -0.284. The highest BCUT2D eigenvalue weighted by Crippen LogP contribution is 2.20. The highest BCUT2D eigenvalue weighted by atomic mass is 16.5. The molecule has 16 heavy (non-hydrogen) atoms. The molecule has 0 radical (unpaired) electrons. The first-order chi connectivity index (χ1) is 7.81. The van der Waals surface area contributed by atoms with Gasteiger partial charge >= 0.3 is 0 Å². The molecule has 1 aromatic heterocycles. The first kappa shape index (κ1) is 11.1. The number of aromatic nitrogens is 2. The Morgan fingerprint density at radius 1 is 1.62 bits per heavy atom. The second kappa shape index (κ2) is 5.07. The summed E-state index contributed by atoms with van der Waals surface area (Å²) in [4.78, 5) is 15.5. The maximum atomic E-state index is 11.4. The van der Waals surface area contributed by atoms with Crippen molar-refractivity contribution in [3.05, 3.63) is 11.7 Å². The number of hydrogen-bond acceptors (Lipinski definition) is 5. The van der Waals surface area contributed by atoms with E-state index in [1.54, 1.807) is 0 Å². The Balaban J connectivity index is 2.03. The van der Waals surface area contributed by atoms with E-state index in [1.807, 2.05) is 6.92 Å². The molecule has 1 atom stereocenters. The summed E-state index contributed by atoms with van der Waals surface area (Å²) in [5, 5.41) is 9.60. The first-order valence-electron chi connectivity index (χ1n) is 5.66. The van der Waals surface area contributed by atoms with Crippen molar-refractivity contribution in [3.8, 4) is 0 Å². The lowest BCUT2D eigenvalue weighted by Crippen LogP contribution is -2.27. The van der Waals surface area contributed by atoms with Crippen molar-refractivity contribution in [1.82, 2.24) is 20.8 Å². The zero-order chi connectivity index (χ0) is 11.4. The van der Waals surface area contributed by atoms with E-state index in [2.05, 4.69) is 20.8 Å². The molecule has 1 aromatic rings. The highest BCUT2D eigenvalue weighted by Gasteiger charge is 2.22. The third kappa shape index (κ3) is 2.38. The predicted octanol–water partition coefficient (Wildman–Crippen LogP) is 0.634. The monoisotopic (exact) mass is 224 g/mol. The molecule has 2 N–H and O–H groups in total. The molecule has 1 fully saturated rings. The molecule has 6 heteroatoms. The van der Waals surface area contributed by atoms with Crippen molar-refractivity contribution in [3.63, 3.8) is 0 Å². The van der Waals surface area contributed by atoms with Gasteiger partial charge in [-0.2, -0.15) is 4.98 Å². The Hall–Kier alpha value is -1.43. The summed E-state index contributed by atoms with van der Waals surface area (Å²) < 4.78 is 5.09. The normalized spacial score (nSPS) is 20.7. The standard InChI is InChI=1S/C10H16N4O2/c1-2-11-9(15)8-13-10(16-14-8)7-5-3-4-6-12-7/h7,12H,2-6H2,1H3,(H,11,15). The van der Waals surface area contributed by atoms with Gasteiger partial charge in [0.15, 0.2) is 0 Å². The summed E-state index contributed by atoms with van der Waals surface area (Å²) in [6.07, 6.45) is 3.31. The molecular weight excluding hydrogens is 208 g/mol. The lowest BCUT2D eigenvalue weighted by atomic mass is 10.1. The highest BCUT2D eigenvalue weighted by molar-refractivity contribution is 5.90. The quantitative estimate of drug-likeness (QED) is 0.787. The Morgan fingerprint density at radius 2 is 2.50 bits per heavy atom. The fourth-order valence-corrected chi connectivity index (χ4v) is 1.77. The molecule has 1 aliphatic heterocycles. The van der Waals surface area contributed by atoms with Gasteiger partial charge in [-0.25, -0.2) is 0 Å². The predicted molar refractivity (Wildman–Crippen MR) is 56.9 cm³/mol. The number of carbonyl (C=O) groups is 1. The van der Waals surface area contributed by atoms with E-state index in [4.69, 9.17) is 4.52 Å². The maximum absolute atomic E-state index is 11.4. The summed E-state index contributed by atoms with van der Waals surface area (Å²) in [5.41, 5.74) is 0. The van der Waals surface area contributed by atoms with E-state index >= 15 is 0 Å². The van der Waals surface area contributed by atoms with Gasteiger partial charge in [-0.05, 0) is 26.3 Å². The van der Waals surface area contributed by atoms with Crippen LogP contribution in [-0.4, -0.2) is 29.1 Å². The van der Waals surface area contributed by atoms with E-state index < -0.39 is 0 Å². The third-order valence-electron chi connectivity index (χ3n) is 2.59. The fraction of sp³-hybridized carbons (Fsp3) is 0.700. The fourth-order valence-electron chi connectivity index (χ4n) is 1.77. The average Bonchev–Trinajstić information content (AvgIpc) is 2.80. The van der Waals surface area contributed by atoms with Gasteiger partial charge in [0, 0.05) is 6.54 Å². The molecule has 6 nitrogen and oxygen atoms in total. The molecule has 1 saturated heterocycles. The van der Waals surface area contributed by atoms with Crippen molar-refractivity contribution in [1.29, 1.82) is 0 Å². The molecule has 0 aromatic carbocycles.